The van der Waals surface area contributed by atoms with Crippen LogP contribution in [0.4, 0.5) is 11.4 Å². The van der Waals surface area contributed by atoms with Crippen molar-refractivity contribution in [2.75, 3.05) is 17.4 Å². The van der Waals surface area contributed by atoms with E-state index in [0.29, 0.717) is 11.4 Å². The molecule has 0 saturated heterocycles. The zero-order chi connectivity index (χ0) is 21.1. The molecule has 29 heavy (non-hydrogen) atoms. The lowest BCUT2D eigenvalue weighted by Gasteiger charge is -2.23. The summed E-state index contributed by atoms with van der Waals surface area (Å²) < 4.78 is 0. The summed E-state index contributed by atoms with van der Waals surface area (Å²) in [7, 11) is 0. The number of unbranched alkanes of at least 4 members (excludes halogenated alkanes) is 4. The fourth-order valence-corrected chi connectivity index (χ4v) is 3.88. The normalized spacial score (nSPS) is 10.8. The average Bonchev–Trinajstić information content (AvgIpc) is 2.70. The van der Waals surface area contributed by atoms with Gasteiger partial charge in [0.05, 0.1) is 21.9 Å². The van der Waals surface area contributed by atoms with E-state index in [2.05, 4.69) is 47.4 Å². The summed E-state index contributed by atoms with van der Waals surface area (Å²) >= 11 is 0. The molecule has 4 N–H and O–H groups in total. The van der Waals surface area contributed by atoms with Crippen LogP contribution in [0.25, 0.3) is 0 Å². The molecular weight excluding hydrogens is 366 g/mol. The van der Waals surface area contributed by atoms with E-state index in [9.17, 15) is 9.81 Å². The predicted octanol–water partition coefficient (Wildman–Crippen LogP) is 5.92. The zero-order valence-electron chi connectivity index (χ0n) is 17.3. The first-order chi connectivity index (χ1) is 14.1. The van der Waals surface area contributed by atoms with Gasteiger partial charge in [0.1, 0.15) is 0 Å². The Balaban J connectivity index is 2.26. The minimum Gasteiger partial charge on any atom is -0.330 e. The second kappa shape index (κ2) is 11.9. The maximum atomic E-state index is 10.5. The van der Waals surface area contributed by atoms with E-state index in [4.69, 9.17) is 5.73 Å². The number of benzene rings is 2. The summed E-state index contributed by atoms with van der Waals surface area (Å²) in [6, 6.07) is 11.8. The third kappa shape index (κ3) is 6.64. The number of nitroso groups, excluding NO2 is 2. The molecule has 156 valence electrons. The van der Waals surface area contributed by atoms with Crippen LogP contribution in [-0.4, -0.2) is 6.54 Å². The van der Waals surface area contributed by atoms with E-state index >= 15 is 0 Å². The summed E-state index contributed by atoms with van der Waals surface area (Å²) in [5, 5.41) is 5.51. The topological polar surface area (TPSA) is 109 Å². The number of rotatable bonds is 13. The highest BCUT2D eigenvalue weighted by Crippen LogP contribution is 2.36. The minimum atomic E-state index is 0.237. The first-order valence-corrected chi connectivity index (χ1v) is 10.2. The van der Waals surface area contributed by atoms with Crippen LogP contribution in [0.1, 0.15) is 66.7 Å². The first kappa shape index (κ1) is 22.5. The maximum absolute atomic E-state index is 10.5. The SMILES string of the molecule is Cc1cc(NN=O)ccc1C(CCCCCCCN)c1ccc(NN=O)cc1C. The van der Waals surface area contributed by atoms with Gasteiger partial charge in [-0.1, -0.05) is 37.8 Å². The van der Waals surface area contributed by atoms with Gasteiger partial charge in [-0.15, -0.1) is 9.81 Å². The Kier molecular flexibility index (Phi) is 9.24. The van der Waals surface area contributed by atoms with Gasteiger partial charge in [-0.25, -0.2) is 10.9 Å². The molecule has 2 aromatic rings. The number of aryl methyl sites for hydroxylation is 2. The lowest BCUT2D eigenvalue weighted by Crippen LogP contribution is -2.07. The van der Waals surface area contributed by atoms with Crippen molar-refractivity contribution in [3.63, 3.8) is 0 Å². The molecule has 0 aromatic heterocycles. The van der Waals surface area contributed by atoms with Gasteiger partial charge in [0, 0.05) is 5.92 Å². The van der Waals surface area contributed by atoms with Crippen molar-refractivity contribution in [2.45, 2.75) is 58.3 Å². The van der Waals surface area contributed by atoms with E-state index in [-0.39, 0.29) is 5.92 Å². The zero-order valence-corrected chi connectivity index (χ0v) is 17.3. The Labute approximate surface area is 172 Å². The molecule has 0 atom stereocenters. The third-order valence-corrected chi connectivity index (χ3v) is 5.34. The van der Waals surface area contributed by atoms with Crippen LogP contribution in [-0.2, 0) is 0 Å². The summed E-state index contributed by atoms with van der Waals surface area (Å²) in [4.78, 5) is 21.0. The molecule has 0 bridgehead atoms. The van der Waals surface area contributed by atoms with E-state index < -0.39 is 0 Å². The highest BCUT2D eigenvalue weighted by molar-refractivity contribution is 5.53. The largest absolute Gasteiger partial charge is 0.330 e. The van der Waals surface area contributed by atoms with Crippen LogP contribution in [0.2, 0.25) is 0 Å². The number of nitrogens with zero attached hydrogens (tertiary/aromatic N) is 2. The van der Waals surface area contributed by atoms with Gasteiger partial charge in [-0.2, -0.15) is 0 Å². The number of nitrogens with one attached hydrogen (secondary N) is 2. The fraction of sp³-hybridized carbons (Fsp3) is 0.455. The smallest absolute Gasteiger partial charge is 0.0596 e. The van der Waals surface area contributed by atoms with Gasteiger partial charge in [0.15, 0.2) is 0 Å². The number of hydrogen-bond acceptors (Lipinski definition) is 5. The molecule has 7 nitrogen and oxygen atoms in total. The average molecular weight is 398 g/mol. The highest BCUT2D eigenvalue weighted by atomic mass is 16.3. The molecule has 7 heteroatoms. The standard InChI is InChI=1S/C22H31N5O2/c1-16-14-18(24-26-28)9-11-20(16)22(8-6-4-3-5-7-13-23)21-12-10-19(25-27-29)15-17(21)2/h9-12,14-15,22H,3-8,13,23H2,1-2H3,(H,24,28)(H,25,29). The maximum Gasteiger partial charge on any atom is 0.0596 e. The second-order valence-corrected chi connectivity index (χ2v) is 7.45. The van der Waals surface area contributed by atoms with E-state index in [0.717, 1.165) is 36.9 Å². The number of hydrogen-bond donors (Lipinski definition) is 3. The Hall–Kier alpha value is -2.80. The van der Waals surface area contributed by atoms with E-state index in [1.165, 1.54) is 30.4 Å². The van der Waals surface area contributed by atoms with Crippen molar-refractivity contribution >= 4 is 11.4 Å². The summed E-state index contributed by atoms with van der Waals surface area (Å²) in [6.45, 7) is 4.87. The lowest BCUT2D eigenvalue weighted by atomic mass is 9.82. The summed E-state index contributed by atoms with van der Waals surface area (Å²) in [6.07, 6.45) is 6.79. The minimum absolute atomic E-state index is 0.237. The van der Waals surface area contributed by atoms with Crippen molar-refractivity contribution in [3.05, 3.63) is 68.5 Å². The third-order valence-electron chi connectivity index (χ3n) is 5.34. The second-order valence-electron chi connectivity index (χ2n) is 7.45. The molecule has 2 aromatic carbocycles. The molecule has 0 saturated carbocycles. The van der Waals surface area contributed by atoms with Gasteiger partial charge < -0.3 is 5.73 Å². The molecule has 0 fully saturated rings. The lowest BCUT2D eigenvalue weighted by molar-refractivity contribution is 0.572. The van der Waals surface area contributed by atoms with Gasteiger partial charge in [0.25, 0.3) is 0 Å². The van der Waals surface area contributed by atoms with Crippen molar-refractivity contribution in [1.82, 2.24) is 0 Å². The molecule has 0 aliphatic carbocycles. The Bertz CT molecular complexity index is 750. The summed E-state index contributed by atoms with van der Waals surface area (Å²) in [5.74, 6) is 0.237. The fourth-order valence-electron chi connectivity index (χ4n) is 3.88. The van der Waals surface area contributed by atoms with Gasteiger partial charge in [-0.05, 0) is 79.8 Å². The molecule has 0 aliphatic heterocycles. The van der Waals surface area contributed by atoms with Crippen LogP contribution >= 0.6 is 0 Å². The highest BCUT2D eigenvalue weighted by Gasteiger charge is 2.19. The van der Waals surface area contributed by atoms with Gasteiger partial charge in [0.2, 0.25) is 0 Å². The molecule has 0 spiro atoms. The van der Waals surface area contributed by atoms with Crippen LogP contribution in [0.3, 0.4) is 0 Å². The van der Waals surface area contributed by atoms with Crippen LogP contribution in [0.5, 0.6) is 0 Å². The van der Waals surface area contributed by atoms with Crippen molar-refractivity contribution in [3.8, 4) is 0 Å². The predicted molar refractivity (Wildman–Crippen MR) is 120 cm³/mol. The van der Waals surface area contributed by atoms with Gasteiger partial charge in [-0.3, -0.25) is 0 Å². The Morgan fingerprint density at radius 3 is 1.72 bits per heavy atom. The van der Waals surface area contributed by atoms with E-state index in [1.807, 2.05) is 24.3 Å². The van der Waals surface area contributed by atoms with Crippen molar-refractivity contribution < 1.29 is 0 Å². The molecule has 0 aliphatic rings. The van der Waals surface area contributed by atoms with E-state index in [1.54, 1.807) is 0 Å². The molecular formula is C22H31N5O2. The van der Waals surface area contributed by atoms with Crippen LogP contribution in [0, 0.1) is 23.7 Å². The molecule has 0 amide bonds. The molecule has 2 rings (SSSR count). The quantitative estimate of drug-likeness (QED) is 0.221. The monoisotopic (exact) mass is 397 g/mol. The van der Waals surface area contributed by atoms with Crippen molar-refractivity contribution in [1.29, 1.82) is 0 Å². The Morgan fingerprint density at radius 2 is 1.28 bits per heavy atom. The van der Waals surface area contributed by atoms with Gasteiger partial charge >= 0.3 is 0 Å². The Morgan fingerprint density at radius 1 is 0.793 bits per heavy atom. The molecule has 0 radical (unpaired) electrons. The molecule has 0 heterocycles. The molecule has 0 unspecified atom stereocenters. The van der Waals surface area contributed by atoms with Crippen LogP contribution < -0.4 is 16.6 Å². The number of anilines is 2. The number of nitrogens with two attached hydrogens (primary N) is 1. The van der Waals surface area contributed by atoms with Crippen LogP contribution in [0.15, 0.2) is 47.0 Å². The first-order valence-electron chi connectivity index (χ1n) is 10.2. The van der Waals surface area contributed by atoms with Crippen molar-refractivity contribution in [2.24, 2.45) is 16.3 Å². The summed E-state index contributed by atoms with van der Waals surface area (Å²) in [5.41, 5.74) is 16.6.